The minimum Gasteiger partial charge on any atom is -0.490 e. The van der Waals surface area contributed by atoms with Gasteiger partial charge in [0.25, 0.3) is 0 Å². The number of nitro benzene ring substituents is 1. The normalized spacial score (nSPS) is 11.3. The van der Waals surface area contributed by atoms with Crippen LogP contribution in [0, 0.1) is 15.9 Å². The zero-order valence-electron chi connectivity index (χ0n) is 9.93. The first-order valence-electron chi connectivity index (χ1n) is 5.14. The van der Waals surface area contributed by atoms with Gasteiger partial charge in [0.15, 0.2) is 15.6 Å². The molecule has 9 heteroatoms. The highest BCUT2D eigenvalue weighted by molar-refractivity contribution is 7.91. The molecule has 0 saturated heterocycles. The summed E-state index contributed by atoms with van der Waals surface area (Å²) in [6.45, 7) is 0. The van der Waals surface area contributed by atoms with Gasteiger partial charge < -0.3 is 4.74 Å². The summed E-state index contributed by atoms with van der Waals surface area (Å²) in [4.78, 5) is 9.18. The maximum atomic E-state index is 13.7. The van der Waals surface area contributed by atoms with Crippen molar-refractivity contribution in [2.75, 3.05) is 18.7 Å². The van der Waals surface area contributed by atoms with Gasteiger partial charge in [0.2, 0.25) is 0 Å². The molecule has 0 fully saturated rings. The Bertz CT molecular complexity index is 590. The Morgan fingerprint density at radius 3 is 2.58 bits per heavy atom. The lowest BCUT2D eigenvalue weighted by Crippen LogP contribution is -2.10. The number of rotatable bonds is 6. The molecule has 0 heterocycles. The quantitative estimate of drug-likeness (QED) is 0.456. The summed E-state index contributed by atoms with van der Waals surface area (Å²) in [7, 11) is -2.76. The molecule has 1 rings (SSSR count). The Morgan fingerprint density at radius 1 is 1.47 bits per heavy atom. The molecule has 0 aliphatic heterocycles. The van der Waals surface area contributed by atoms with Gasteiger partial charge in [-0.25, -0.2) is 12.8 Å². The minimum atomic E-state index is -3.89. The molecule has 0 radical (unpaired) electrons. The minimum absolute atomic E-state index is 0.116. The van der Waals surface area contributed by atoms with Crippen molar-refractivity contribution in [2.24, 2.45) is 0 Å². The van der Waals surface area contributed by atoms with E-state index in [0.717, 1.165) is 13.2 Å². The van der Waals surface area contributed by atoms with Crippen LogP contribution < -0.4 is 4.74 Å². The van der Waals surface area contributed by atoms with Crippen molar-refractivity contribution < 1.29 is 22.5 Å². The van der Waals surface area contributed by atoms with Crippen LogP contribution in [0.5, 0.6) is 5.75 Å². The Hall–Kier alpha value is -1.41. The lowest BCUT2D eigenvalue weighted by Gasteiger charge is -2.07. The fraction of sp³-hybridized carbons (Fsp3) is 0.400. The Morgan fingerprint density at radius 2 is 2.11 bits per heavy atom. The number of hydrogen-bond acceptors (Lipinski definition) is 5. The molecule has 1 aromatic carbocycles. The first-order chi connectivity index (χ1) is 8.83. The van der Waals surface area contributed by atoms with Gasteiger partial charge in [0, 0.05) is 11.9 Å². The molecule has 1 aromatic rings. The molecule has 0 aliphatic carbocycles. The highest BCUT2D eigenvalue weighted by atomic mass is 35.5. The van der Waals surface area contributed by atoms with Crippen molar-refractivity contribution in [3.8, 4) is 5.75 Å². The maximum absolute atomic E-state index is 13.7. The van der Waals surface area contributed by atoms with E-state index in [9.17, 15) is 22.9 Å². The molecule has 0 aliphatic rings. The monoisotopic (exact) mass is 311 g/mol. The van der Waals surface area contributed by atoms with Crippen LogP contribution >= 0.6 is 11.6 Å². The van der Waals surface area contributed by atoms with Crippen molar-refractivity contribution in [1.29, 1.82) is 0 Å². The van der Waals surface area contributed by atoms with Gasteiger partial charge in [-0.05, 0) is 6.42 Å². The Labute approximate surface area is 114 Å². The van der Waals surface area contributed by atoms with E-state index in [4.69, 9.17) is 16.3 Å². The third-order valence-corrected chi connectivity index (χ3v) is 4.39. The number of methoxy groups -OCH3 is 1. The third-order valence-electron chi connectivity index (χ3n) is 2.31. The van der Waals surface area contributed by atoms with E-state index in [0.29, 0.717) is 6.07 Å². The molecule has 0 amide bonds. The molecule has 0 N–H and O–H groups in total. The van der Waals surface area contributed by atoms with Crippen LogP contribution in [0.15, 0.2) is 17.0 Å². The predicted molar refractivity (Wildman–Crippen MR) is 67.0 cm³/mol. The number of hydrogen-bond donors (Lipinski definition) is 0. The summed E-state index contributed by atoms with van der Waals surface area (Å²) < 4.78 is 42.1. The SMILES string of the molecule is COc1cc(S(=O)(=O)CCCCl)c(F)cc1[N+](=O)[O-]. The molecule has 0 bridgehead atoms. The molecule has 106 valence electrons. The number of alkyl halides is 1. The largest absolute Gasteiger partial charge is 0.490 e. The van der Waals surface area contributed by atoms with Crippen molar-refractivity contribution in [2.45, 2.75) is 11.3 Å². The number of sulfone groups is 1. The maximum Gasteiger partial charge on any atom is 0.313 e. The summed E-state index contributed by atoms with van der Waals surface area (Å²) in [5.41, 5.74) is -0.628. The van der Waals surface area contributed by atoms with Crippen LogP contribution in [0.25, 0.3) is 0 Å². The van der Waals surface area contributed by atoms with Gasteiger partial charge in [-0.3, -0.25) is 10.1 Å². The molecule has 0 saturated carbocycles. The fourth-order valence-corrected chi connectivity index (χ4v) is 3.10. The first kappa shape index (κ1) is 15.6. The molecular weight excluding hydrogens is 301 g/mol. The van der Waals surface area contributed by atoms with Gasteiger partial charge in [0.05, 0.1) is 23.9 Å². The Balaban J connectivity index is 3.35. The van der Waals surface area contributed by atoms with Crippen LogP contribution in [0.3, 0.4) is 0 Å². The number of benzene rings is 1. The second-order valence-electron chi connectivity index (χ2n) is 3.57. The third kappa shape index (κ3) is 3.54. The second-order valence-corrected chi connectivity index (χ2v) is 6.03. The molecule has 0 spiro atoms. The summed E-state index contributed by atoms with van der Waals surface area (Å²) in [5.74, 6) is -1.71. The molecule has 0 atom stereocenters. The lowest BCUT2D eigenvalue weighted by atomic mass is 10.3. The van der Waals surface area contributed by atoms with E-state index in [1.165, 1.54) is 0 Å². The van der Waals surface area contributed by atoms with E-state index < -0.39 is 31.2 Å². The van der Waals surface area contributed by atoms with Crippen LogP contribution in [0.2, 0.25) is 0 Å². The topological polar surface area (TPSA) is 86.5 Å². The summed E-state index contributed by atoms with van der Waals surface area (Å²) in [6, 6.07) is 1.35. The molecule has 0 unspecified atom stereocenters. The van der Waals surface area contributed by atoms with Gasteiger partial charge in [-0.2, -0.15) is 0 Å². The van der Waals surface area contributed by atoms with Crippen molar-refractivity contribution in [3.05, 3.63) is 28.1 Å². The highest BCUT2D eigenvalue weighted by Crippen LogP contribution is 2.32. The molecule has 6 nitrogen and oxygen atoms in total. The molecule has 0 aromatic heterocycles. The van der Waals surface area contributed by atoms with E-state index in [2.05, 4.69) is 0 Å². The second kappa shape index (κ2) is 6.16. The van der Waals surface area contributed by atoms with Gasteiger partial charge in [-0.15, -0.1) is 11.6 Å². The number of nitro groups is 1. The molecular formula is C10H11ClFNO5S. The van der Waals surface area contributed by atoms with Crippen LogP contribution in [0.4, 0.5) is 10.1 Å². The van der Waals surface area contributed by atoms with Crippen LogP contribution in [-0.4, -0.2) is 32.1 Å². The first-order valence-corrected chi connectivity index (χ1v) is 7.32. The van der Waals surface area contributed by atoms with Gasteiger partial charge in [-0.1, -0.05) is 0 Å². The summed E-state index contributed by atoms with van der Waals surface area (Å²) in [6.07, 6.45) is 0.155. The van der Waals surface area contributed by atoms with Crippen LogP contribution in [0.1, 0.15) is 6.42 Å². The van der Waals surface area contributed by atoms with Crippen LogP contribution in [-0.2, 0) is 9.84 Å². The van der Waals surface area contributed by atoms with E-state index in [1.54, 1.807) is 0 Å². The summed E-state index contributed by atoms with van der Waals surface area (Å²) >= 11 is 5.39. The highest BCUT2D eigenvalue weighted by Gasteiger charge is 2.25. The van der Waals surface area contributed by atoms with Crippen molar-refractivity contribution in [1.82, 2.24) is 0 Å². The van der Waals surface area contributed by atoms with Crippen molar-refractivity contribution >= 4 is 27.1 Å². The lowest BCUT2D eigenvalue weighted by molar-refractivity contribution is -0.386. The van der Waals surface area contributed by atoms with Gasteiger partial charge in [0.1, 0.15) is 10.7 Å². The van der Waals surface area contributed by atoms with Gasteiger partial charge >= 0.3 is 5.69 Å². The fourth-order valence-electron chi connectivity index (χ4n) is 1.42. The number of ether oxygens (including phenoxy) is 1. The standard InChI is InChI=1S/C10H11ClFNO5S/c1-18-9-6-10(19(16,17)4-2-3-11)7(12)5-8(9)13(14)15/h5-6H,2-4H2,1H3. The average molecular weight is 312 g/mol. The number of nitrogens with zero attached hydrogens (tertiary/aromatic N) is 1. The zero-order chi connectivity index (χ0) is 14.6. The van der Waals surface area contributed by atoms with E-state index >= 15 is 0 Å². The molecule has 19 heavy (non-hydrogen) atoms. The number of halogens is 2. The van der Waals surface area contributed by atoms with Crippen molar-refractivity contribution in [3.63, 3.8) is 0 Å². The average Bonchev–Trinajstić information content (AvgIpc) is 2.35. The van der Waals surface area contributed by atoms with E-state index in [-0.39, 0.29) is 23.8 Å². The zero-order valence-corrected chi connectivity index (χ0v) is 11.5. The Kier molecular flexibility index (Phi) is 5.07. The predicted octanol–water partition coefficient (Wildman–Crippen LogP) is 2.15. The smallest absolute Gasteiger partial charge is 0.313 e. The summed E-state index contributed by atoms with van der Waals surface area (Å²) in [5, 5.41) is 10.7. The van der Waals surface area contributed by atoms with E-state index in [1.807, 2.05) is 0 Å².